The van der Waals surface area contributed by atoms with E-state index in [1.54, 1.807) is 18.7 Å². The zero-order valence-corrected chi connectivity index (χ0v) is 10.6. The molecule has 0 bridgehead atoms. The van der Waals surface area contributed by atoms with Gasteiger partial charge in [0.2, 0.25) is 0 Å². The van der Waals surface area contributed by atoms with E-state index in [1.165, 1.54) is 0 Å². The Hall–Kier alpha value is -0.910. The summed E-state index contributed by atoms with van der Waals surface area (Å²) in [5.74, 6) is -0.366. The second-order valence-electron chi connectivity index (χ2n) is 3.43. The van der Waals surface area contributed by atoms with Gasteiger partial charge in [-0.3, -0.25) is 4.79 Å². The fourth-order valence-corrected chi connectivity index (χ4v) is 1.54. The van der Waals surface area contributed by atoms with Crippen LogP contribution in [0.3, 0.4) is 0 Å². The quantitative estimate of drug-likeness (QED) is 0.563. The predicted octanol–water partition coefficient (Wildman–Crippen LogP) is 1.15. The molecule has 94 valence electrons. The van der Waals surface area contributed by atoms with Crippen molar-refractivity contribution in [2.75, 3.05) is 25.1 Å². The highest BCUT2D eigenvalue weighted by Gasteiger charge is 2.15. The van der Waals surface area contributed by atoms with Gasteiger partial charge in [0.05, 0.1) is 5.92 Å². The first kappa shape index (κ1) is 15.1. The molecular formula is C10H20N2O3S. The van der Waals surface area contributed by atoms with Crippen molar-refractivity contribution in [3.05, 3.63) is 0 Å². The lowest BCUT2D eigenvalue weighted by atomic mass is 10.1. The van der Waals surface area contributed by atoms with Crippen molar-refractivity contribution >= 4 is 23.8 Å². The SMILES string of the molecule is CCC(CNC(=O)NCCCSC)C(=O)O. The predicted molar refractivity (Wildman–Crippen MR) is 65.8 cm³/mol. The normalized spacial score (nSPS) is 11.9. The van der Waals surface area contributed by atoms with Gasteiger partial charge in [0.25, 0.3) is 0 Å². The minimum Gasteiger partial charge on any atom is -0.481 e. The summed E-state index contributed by atoms with van der Waals surface area (Å²) in [6.07, 6.45) is 3.45. The topological polar surface area (TPSA) is 78.4 Å². The van der Waals surface area contributed by atoms with Gasteiger partial charge in [0, 0.05) is 13.1 Å². The van der Waals surface area contributed by atoms with E-state index >= 15 is 0 Å². The average molecular weight is 248 g/mol. The van der Waals surface area contributed by atoms with Crippen LogP contribution < -0.4 is 10.6 Å². The van der Waals surface area contributed by atoms with Gasteiger partial charge in [-0.25, -0.2) is 4.79 Å². The van der Waals surface area contributed by atoms with Crippen molar-refractivity contribution in [3.8, 4) is 0 Å². The van der Waals surface area contributed by atoms with Crippen molar-refractivity contribution in [3.63, 3.8) is 0 Å². The molecule has 1 unspecified atom stereocenters. The molecule has 0 heterocycles. The number of thioether (sulfide) groups is 1. The first-order chi connectivity index (χ1) is 7.61. The van der Waals surface area contributed by atoms with E-state index in [1.807, 2.05) is 6.26 Å². The summed E-state index contributed by atoms with van der Waals surface area (Å²) in [6, 6.07) is -0.291. The molecule has 0 fully saturated rings. The fourth-order valence-electron chi connectivity index (χ4n) is 1.10. The van der Waals surface area contributed by atoms with Crippen LogP contribution in [0.25, 0.3) is 0 Å². The maximum absolute atomic E-state index is 11.2. The van der Waals surface area contributed by atoms with Gasteiger partial charge in [-0.2, -0.15) is 11.8 Å². The number of amides is 2. The van der Waals surface area contributed by atoms with E-state index < -0.39 is 11.9 Å². The van der Waals surface area contributed by atoms with E-state index in [0.29, 0.717) is 13.0 Å². The van der Waals surface area contributed by atoms with Crippen LogP contribution in [-0.2, 0) is 4.79 Å². The second-order valence-corrected chi connectivity index (χ2v) is 4.41. The van der Waals surface area contributed by atoms with Crippen LogP contribution >= 0.6 is 11.8 Å². The summed E-state index contributed by atoms with van der Waals surface area (Å²) >= 11 is 1.73. The summed E-state index contributed by atoms with van der Waals surface area (Å²) in [6.45, 7) is 2.59. The molecule has 0 saturated carbocycles. The second kappa shape index (κ2) is 9.33. The first-order valence-corrected chi connectivity index (χ1v) is 6.74. The third-order valence-corrected chi connectivity index (χ3v) is 2.86. The third-order valence-electron chi connectivity index (χ3n) is 2.16. The fraction of sp³-hybridized carbons (Fsp3) is 0.800. The van der Waals surface area contributed by atoms with Crippen molar-refractivity contribution in [2.45, 2.75) is 19.8 Å². The molecule has 0 spiro atoms. The highest BCUT2D eigenvalue weighted by molar-refractivity contribution is 7.98. The van der Waals surface area contributed by atoms with Crippen LogP contribution in [0.5, 0.6) is 0 Å². The molecule has 3 N–H and O–H groups in total. The van der Waals surface area contributed by atoms with Crippen LogP contribution in [0, 0.1) is 5.92 Å². The molecule has 0 aromatic rings. The Kier molecular flexibility index (Phi) is 8.80. The monoisotopic (exact) mass is 248 g/mol. The molecule has 0 saturated heterocycles. The Morgan fingerprint density at radius 1 is 1.38 bits per heavy atom. The van der Waals surface area contributed by atoms with Gasteiger partial charge in [0.1, 0.15) is 0 Å². The zero-order chi connectivity index (χ0) is 12.4. The highest BCUT2D eigenvalue weighted by atomic mass is 32.2. The Bertz CT molecular complexity index is 224. The molecule has 0 aromatic heterocycles. The van der Waals surface area contributed by atoms with Crippen molar-refractivity contribution in [1.82, 2.24) is 10.6 Å². The van der Waals surface area contributed by atoms with Crippen LogP contribution in [0.15, 0.2) is 0 Å². The number of nitrogens with one attached hydrogen (secondary N) is 2. The van der Waals surface area contributed by atoms with Gasteiger partial charge in [-0.15, -0.1) is 0 Å². The molecule has 1 atom stereocenters. The molecule has 6 heteroatoms. The summed E-state index contributed by atoms with van der Waals surface area (Å²) in [4.78, 5) is 21.9. The Labute approximate surface area is 100 Å². The number of carbonyl (C=O) groups excluding carboxylic acids is 1. The molecule has 0 rings (SSSR count). The molecule has 5 nitrogen and oxygen atoms in total. The van der Waals surface area contributed by atoms with Crippen molar-refractivity contribution in [1.29, 1.82) is 0 Å². The molecule has 16 heavy (non-hydrogen) atoms. The van der Waals surface area contributed by atoms with E-state index in [-0.39, 0.29) is 12.6 Å². The van der Waals surface area contributed by atoms with Crippen LogP contribution in [-0.4, -0.2) is 42.2 Å². The summed E-state index contributed by atoms with van der Waals surface area (Å²) < 4.78 is 0. The van der Waals surface area contributed by atoms with Gasteiger partial charge < -0.3 is 15.7 Å². The molecule has 0 aromatic carbocycles. The van der Waals surface area contributed by atoms with Gasteiger partial charge in [-0.05, 0) is 24.9 Å². The van der Waals surface area contributed by atoms with E-state index in [0.717, 1.165) is 12.2 Å². The minimum absolute atomic E-state index is 0.181. The number of aliphatic carboxylic acids is 1. The molecular weight excluding hydrogens is 228 g/mol. The molecule has 0 radical (unpaired) electrons. The molecule has 0 aliphatic rings. The number of hydrogen-bond acceptors (Lipinski definition) is 3. The van der Waals surface area contributed by atoms with Gasteiger partial charge >= 0.3 is 12.0 Å². The Morgan fingerprint density at radius 3 is 2.56 bits per heavy atom. The number of carbonyl (C=O) groups is 2. The number of carboxylic acids is 1. The van der Waals surface area contributed by atoms with Crippen LogP contribution in [0.2, 0.25) is 0 Å². The van der Waals surface area contributed by atoms with E-state index in [4.69, 9.17) is 5.11 Å². The number of hydrogen-bond donors (Lipinski definition) is 3. The average Bonchev–Trinajstić information content (AvgIpc) is 2.25. The Balaban J connectivity index is 3.59. The van der Waals surface area contributed by atoms with Gasteiger partial charge in [-0.1, -0.05) is 6.92 Å². The molecule has 0 aliphatic carbocycles. The molecule has 2 amide bonds. The number of rotatable bonds is 8. The third kappa shape index (κ3) is 7.39. The number of urea groups is 1. The minimum atomic E-state index is -0.870. The lowest BCUT2D eigenvalue weighted by Gasteiger charge is -2.11. The molecule has 0 aliphatic heterocycles. The Morgan fingerprint density at radius 2 is 2.06 bits per heavy atom. The van der Waals surface area contributed by atoms with E-state index in [9.17, 15) is 9.59 Å². The summed E-state index contributed by atoms with van der Waals surface area (Å²) in [7, 11) is 0. The lowest BCUT2D eigenvalue weighted by Crippen LogP contribution is -2.40. The standard InChI is InChI=1S/C10H20N2O3S/c1-3-8(9(13)14)7-12-10(15)11-5-4-6-16-2/h8H,3-7H2,1-2H3,(H,13,14)(H2,11,12,15). The summed E-state index contributed by atoms with van der Waals surface area (Å²) in [5.41, 5.74) is 0. The summed E-state index contributed by atoms with van der Waals surface area (Å²) in [5, 5.41) is 14.0. The maximum atomic E-state index is 11.2. The van der Waals surface area contributed by atoms with Gasteiger partial charge in [0.15, 0.2) is 0 Å². The lowest BCUT2D eigenvalue weighted by molar-refractivity contribution is -0.141. The highest BCUT2D eigenvalue weighted by Crippen LogP contribution is 2.00. The smallest absolute Gasteiger partial charge is 0.314 e. The zero-order valence-electron chi connectivity index (χ0n) is 9.78. The largest absolute Gasteiger partial charge is 0.481 e. The van der Waals surface area contributed by atoms with Crippen molar-refractivity contribution in [2.24, 2.45) is 5.92 Å². The van der Waals surface area contributed by atoms with Crippen molar-refractivity contribution < 1.29 is 14.7 Å². The van der Waals surface area contributed by atoms with E-state index in [2.05, 4.69) is 10.6 Å². The van der Waals surface area contributed by atoms with Crippen LogP contribution in [0.4, 0.5) is 4.79 Å². The van der Waals surface area contributed by atoms with Crippen LogP contribution in [0.1, 0.15) is 19.8 Å². The maximum Gasteiger partial charge on any atom is 0.314 e. The number of carboxylic acid groups (broad SMARTS) is 1. The first-order valence-electron chi connectivity index (χ1n) is 5.35.